The summed E-state index contributed by atoms with van der Waals surface area (Å²) in [5.41, 5.74) is 1.70. The minimum absolute atomic E-state index is 0.157. The molecule has 0 fully saturated rings. The number of carbonyl (C=O) groups is 1. The molecule has 11 heteroatoms. The van der Waals surface area contributed by atoms with E-state index in [0.717, 1.165) is 21.8 Å². The zero-order valence-electron chi connectivity index (χ0n) is 20.3. The largest absolute Gasteiger partial charge is 0.463 e. The summed E-state index contributed by atoms with van der Waals surface area (Å²) in [5.74, 6) is -0.826. The number of ether oxygens (including phenoxy) is 1. The normalized spacial score (nSPS) is 15.2. The summed E-state index contributed by atoms with van der Waals surface area (Å²) in [6.07, 6.45) is 3.41. The summed E-state index contributed by atoms with van der Waals surface area (Å²) in [7, 11) is 0. The highest BCUT2D eigenvalue weighted by Gasteiger charge is 2.35. The number of aromatic nitrogens is 1. The van der Waals surface area contributed by atoms with Crippen LogP contribution in [-0.4, -0.2) is 28.3 Å². The van der Waals surface area contributed by atoms with Crippen molar-refractivity contribution in [2.45, 2.75) is 17.9 Å². The first-order valence-corrected chi connectivity index (χ1v) is 13.6. The number of esters is 1. The monoisotopic (exact) mass is 547 g/mol. The topological polar surface area (TPSA) is 117 Å². The first-order valence-electron chi connectivity index (χ1n) is 11.6. The number of furan rings is 1. The molecule has 0 N–H and O–H groups in total. The van der Waals surface area contributed by atoms with Gasteiger partial charge in [0.05, 0.1) is 34.5 Å². The van der Waals surface area contributed by atoms with Gasteiger partial charge in [-0.2, -0.15) is 0 Å². The first-order chi connectivity index (χ1) is 18.4. The van der Waals surface area contributed by atoms with Crippen LogP contribution in [0.1, 0.15) is 29.9 Å². The minimum atomic E-state index is -0.801. The van der Waals surface area contributed by atoms with Crippen LogP contribution in [0.4, 0.5) is 5.88 Å². The first kappa shape index (κ1) is 25.4. The average Bonchev–Trinajstić information content (AvgIpc) is 3.53. The minimum Gasteiger partial charge on any atom is -0.463 e. The lowest BCUT2D eigenvalue weighted by molar-refractivity contribution is -0.402. The second kappa shape index (κ2) is 10.6. The third-order valence-electron chi connectivity index (χ3n) is 5.87. The second-order valence-electron chi connectivity index (χ2n) is 8.14. The Morgan fingerprint density at radius 1 is 1.18 bits per heavy atom. The van der Waals surface area contributed by atoms with Gasteiger partial charge < -0.3 is 9.15 Å². The van der Waals surface area contributed by atoms with E-state index in [1.54, 1.807) is 18.7 Å². The highest BCUT2D eigenvalue weighted by Crippen LogP contribution is 2.35. The van der Waals surface area contributed by atoms with Crippen molar-refractivity contribution in [3.8, 4) is 0 Å². The van der Waals surface area contributed by atoms with Crippen LogP contribution in [0.15, 0.2) is 91.4 Å². The molecule has 0 saturated carbocycles. The van der Waals surface area contributed by atoms with Crippen molar-refractivity contribution in [2.75, 3.05) is 12.9 Å². The smallest absolute Gasteiger partial charge is 0.433 e. The lowest BCUT2D eigenvalue weighted by Crippen LogP contribution is -2.40. The summed E-state index contributed by atoms with van der Waals surface area (Å²) < 4.78 is 12.4. The van der Waals surface area contributed by atoms with Gasteiger partial charge >= 0.3 is 11.9 Å². The Bertz CT molecular complexity index is 1730. The van der Waals surface area contributed by atoms with Crippen molar-refractivity contribution in [3.63, 3.8) is 0 Å². The van der Waals surface area contributed by atoms with Crippen LogP contribution in [-0.2, 0) is 9.53 Å². The Kier molecular flexibility index (Phi) is 7.12. The predicted octanol–water partition coefficient (Wildman–Crippen LogP) is 4.16. The standard InChI is InChI=1S/C27H21N3O6S2/c1-3-35-26(32)22-23(16-7-5-4-6-8-16)28-27-29(24(22)17-9-12-19(37-2)13-10-17)25(31)20(38-27)15-18-11-14-21(36-18)30(33)34/h4-15,24H,3H2,1-2H3/b20-15-/t24-/m0/s1. The third-order valence-corrected chi connectivity index (χ3v) is 7.60. The highest BCUT2D eigenvalue weighted by atomic mass is 32.2. The van der Waals surface area contributed by atoms with E-state index < -0.39 is 28.4 Å². The van der Waals surface area contributed by atoms with Gasteiger partial charge in [-0.15, -0.1) is 11.8 Å². The molecule has 1 atom stereocenters. The van der Waals surface area contributed by atoms with Crippen LogP contribution in [0.2, 0.25) is 0 Å². The molecular weight excluding hydrogens is 526 g/mol. The summed E-state index contributed by atoms with van der Waals surface area (Å²) >= 11 is 2.70. The molecular formula is C27H21N3O6S2. The molecule has 0 saturated heterocycles. The second-order valence-corrected chi connectivity index (χ2v) is 10.0. The van der Waals surface area contributed by atoms with E-state index in [1.807, 2.05) is 60.9 Å². The number of fused-ring (bicyclic) bond motifs is 1. The van der Waals surface area contributed by atoms with E-state index in [1.165, 1.54) is 22.8 Å². The molecule has 5 rings (SSSR count). The van der Waals surface area contributed by atoms with Gasteiger partial charge in [-0.1, -0.05) is 53.8 Å². The summed E-state index contributed by atoms with van der Waals surface area (Å²) in [6, 6.07) is 18.8. The molecule has 0 amide bonds. The molecule has 0 bridgehead atoms. The average molecular weight is 548 g/mol. The predicted molar refractivity (Wildman–Crippen MR) is 145 cm³/mol. The third kappa shape index (κ3) is 4.73. The number of nitrogens with zero attached hydrogens (tertiary/aromatic N) is 3. The number of thioether (sulfide) groups is 1. The molecule has 2 aromatic heterocycles. The quantitative estimate of drug-likeness (QED) is 0.148. The number of thiazole rings is 1. The Morgan fingerprint density at radius 2 is 1.92 bits per heavy atom. The number of hydrogen-bond donors (Lipinski definition) is 0. The molecule has 0 radical (unpaired) electrons. The van der Waals surface area contributed by atoms with E-state index in [-0.39, 0.29) is 22.5 Å². The molecule has 0 aliphatic carbocycles. The number of rotatable bonds is 7. The van der Waals surface area contributed by atoms with Crippen molar-refractivity contribution < 1.29 is 18.9 Å². The van der Waals surface area contributed by atoms with Crippen molar-refractivity contribution >= 4 is 46.7 Å². The van der Waals surface area contributed by atoms with Gasteiger partial charge in [-0.25, -0.2) is 9.79 Å². The molecule has 1 aliphatic rings. The van der Waals surface area contributed by atoms with E-state index in [4.69, 9.17) is 14.1 Å². The van der Waals surface area contributed by atoms with Crippen molar-refractivity contribution in [2.24, 2.45) is 4.99 Å². The van der Waals surface area contributed by atoms with Gasteiger partial charge in [0.2, 0.25) is 0 Å². The number of benzene rings is 2. The summed E-state index contributed by atoms with van der Waals surface area (Å²) in [6.45, 7) is 1.88. The Morgan fingerprint density at radius 3 is 2.55 bits per heavy atom. The zero-order valence-corrected chi connectivity index (χ0v) is 22.0. The van der Waals surface area contributed by atoms with Gasteiger partial charge in [-0.05, 0) is 36.9 Å². The van der Waals surface area contributed by atoms with Gasteiger partial charge in [0.15, 0.2) is 4.80 Å². The summed E-state index contributed by atoms with van der Waals surface area (Å²) in [5, 5.41) is 11.0. The molecule has 9 nitrogen and oxygen atoms in total. The van der Waals surface area contributed by atoms with E-state index >= 15 is 0 Å². The molecule has 1 aliphatic heterocycles. The fourth-order valence-electron chi connectivity index (χ4n) is 4.19. The number of nitro groups is 1. The van der Waals surface area contributed by atoms with Crippen molar-refractivity contribution in [1.29, 1.82) is 0 Å². The molecule has 4 aromatic rings. The van der Waals surface area contributed by atoms with Gasteiger partial charge in [0.25, 0.3) is 5.56 Å². The Balaban J connectivity index is 1.80. The fraction of sp³-hybridized carbons (Fsp3) is 0.148. The Hall–Kier alpha value is -4.22. The molecule has 2 aromatic carbocycles. The molecule has 192 valence electrons. The molecule has 0 spiro atoms. The number of hydrogen-bond acceptors (Lipinski definition) is 9. The van der Waals surface area contributed by atoms with E-state index in [2.05, 4.69) is 0 Å². The van der Waals surface area contributed by atoms with Crippen LogP contribution in [0.3, 0.4) is 0 Å². The van der Waals surface area contributed by atoms with Crippen LogP contribution in [0, 0.1) is 10.1 Å². The van der Waals surface area contributed by atoms with Crippen LogP contribution in [0.25, 0.3) is 11.8 Å². The van der Waals surface area contributed by atoms with Crippen molar-refractivity contribution in [1.82, 2.24) is 4.57 Å². The summed E-state index contributed by atoms with van der Waals surface area (Å²) in [4.78, 5) is 43.8. The Labute approximate surface area is 224 Å². The molecule has 0 unspecified atom stereocenters. The van der Waals surface area contributed by atoms with Crippen molar-refractivity contribution in [3.05, 3.63) is 119 Å². The molecule has 3 heterocycles. The van der Waals surface area contributed by atoms with Gasteiger partial charge in [-0.3, -0.25) is 19.5 Å². The van der Waals surface area contributed by atoms with Crippen LogP contribution >= 0.6 is 23.1 Å². The van der Waals surface area contributed by atoms with Gasteiger partial charge in [0, 0.05) is 16.5 Å². The van der Waals surface area contributed by atoms with E-state index in [9.17, 15) is 19.7 Å². The van der Waals surface area contributed by atoms with Crippen LogP contribution in [0.5, 0.6) is 0 Å². The highest BCUT2D eigenvalue weighted by molar-refractivity contribution is 7.98. The molecule has 38 heavy (non-hydrogen) atoms. The lowest BCUT2D eigenvalue weighted by Gasteiger charge is -2.26. The maximum absolute atomic E-state index is 13.8. The lowest BCUT2D eigenvalue weighted by atomic mass is 9.93. The maximum atomic E-state index is 13.8. The van der Waals surface area contributed by atoms with Gasteiger partial charge in [0.1, 0.15) is 10.7 Å². The van der Waals surface area contributed by atoms with Crippen LogP contribution < -0.4 is 14.9 Å². The zero-order chi connectivity index (χ0) is 26.8. The fourth-order valence-corrected chi connectivity index (χ4v) is 5.58. The number of carbonyl (C=O) groups excluding carboxylic acids is 1. The van der Waals surface area contributed by atoms with E-state index in [0.29, 0.717) is 16.1 Å². The SMILES string of the molecule is CCOC(=O)C1=C(c2ccccc2)N=c2s/c(=C\c3ccc([N+](=O)[O-])o3)c(=O)n2[C@H]1c1ccc(SC)cc1. The maximum Gasteiger partial charge on any atom is 0.433 e.